The van der Waals surface area contributed by atoms with Gasteiger partial charge in [-0.1, -0.05) is 0 Å². The van der Waals surface area contributed by atoms with Gasteiger partial charge in [-0.2, -0.15) is 0 Å². The third kappa shape index (κ3) is 2.58. The Morgan fingerprint density at radius 1 is 1.88 bits per heavy atom. The Balaban J connectivity index is 3.32. The predicted molar refractivity (Wildman–Crippen MR) is 30.2 cm³/mol. The smallest absolute Gasteiger partial charge is 0.320 e. The van der Waals surface area contributed by atoms with Crippen LogP contribution in [0.15, 0.2) is 0 Å². The molecule has 3 nitrogen and oxygen atoms in total. The highest BCUT2D eigenvalue weighted by Crippen LogP contribution is 1.79. The zero-order valence-corrected chi connectivity index (χ0v) is 5.01. The van der Waals surface area contributed by atoms with Crippen molar-refractivity contribution in [3.63, 3.8) is 0 Å². The molecule has 1 radical (unpaired) electrons. The predicted octanol–water partition coefficient (Wildman–Crippen LogP) is 0.231. The summed E-state index contributed by atoms with van der Waals surface area (Å²) in [5.41, 5.74) is 0. The van der Waals surface area contributed by atoms with Crippen LogP contribution >= 0.6 is 0 Å². The van der Waals surface area contributed by atoms with Gasteiger partial charge < -0.3 is 10.4 Å². The number of aliphatic carboxylic acids is 1. The van der Waals surface area contributed by atoms with Gasteiger partial charge in [0.05, 0.1) is 0 Å². The summed E-state index contributed by atoms with van der Waals surface area (Å²) in [6.45, 7) is 4.94. The van der Waals surface area contributed by atoms with Crippen molar-refractivity contribution in [1.82, 2.24) is 5.32 Å². The SMILES string of the molecule is C[CH]NC(C)C(=O)O. The Morgan fingerprint density at radius 3 is 2.50 bits per heavy atom. The van der Waals surface area contributed by atoms with E-state index in [0.717, 1.165) is 0 Å². The molecule has 0 aromatic carbocycles. The highest BCUT2D eigenvalue weighted by molar-refractivity contribution is 5.72. The third-order valence-electron chi connectivity index (χ3n) is 0.787. The van der Waals surface area contributed by atoms with E-state index in [1.165, 1.54) is 0 Å². The molecule has 47 valence electrons. The molecule has 0 rings (SSSR count). The molecule has 0 aliphatic rings. The van der Waals surface area contributed by atoms with Crippen molar-refractivity contribution < 1.29 is 9.90 Å². The van der Waals surface area contributed by atoms with E-state index < -0.39 is 12.0 Å². The van der Waals surface area contributed by atoms with Crippen LogP contribution in [0.4, 0.5) is 0 Å². The fourth-order valence-electron chi connectivity index (χ4n) is 0.321. The minimum Gasteiger partial charge on any atom is -0.480 e. The molecule has 0 aliphatic heterocycles. The first-order valence-corrected chi connectivity index (χ1v) is 2.45. The molecular formula is C5H10NO2. The number of nitrogens with one attached hydrogen (secondary N) is 1. The van der Waals surface area contributed by atoms with Crippen LogP contribution in [0.2, 0.25) is 0 Å². The number of hydrogen-bond donors (Lipinski definition) is 2. The van der Waals surface area contributed by atoms with E-state index >= 15 is 0 Å². The molecule has 0 heterocycles. The van der Waals surface area contributed by atoms with E-state index in [1.54, 1.807) is 20.4 Å². The molecule has 0 saturated heterocycles. The normalized spacial score (nSPS) is 13.2. The molecular weight excluding hydrogens is 106 g/mol. The molecule has 2 N–H and O–H groups in total. The van der Waals surface area contributed by atoms with Crippen LogP contribution in [0.1, 0.15) is 13.8 Å². The minimum atomic E-state index is -0.830. The molecule has 0 bridgehead atoms. The fraction of sp³-hybridized carbons (Fsp3) is 0.600. The first kappa shape index (κ1) is 7.43. The molecule has 0 spiro atoms. The molecule has 0 aliphatic carbocycles. The van der Waals surface area contributed by atoms with Gasteiger partial charge in [-0.05, 0) is 13.8 Å². The summed E-state index contributed by atoms with van der Waals surface area (Å²) in [7, 11) is 0. The molecule has 0 saturated carbocycles. The van der Waals surface area contributed by atoms with Crippen molar-refractivity contribution in [2.24, 2.45) is 0 Å². The minimum absolute atomic E-state index is 0.472. The van der Waals surface area contributed by atoms with Crippen LogP contribution in [0.3, 0.4) is 0 Å². The van der Waals surface area contributed by atoms with Crippen LogP contribution in [-0.2, 0) is 4.79 Å². The van der Waals surface area contributed by atoms with E-state index in [4.69, 9.17) is 5.11 Å². The lowest BCUT2D eigenvalue weighted by Crippen LogP contribution is -2.30. The molecule has 0 fully saturated rings. The Labute approximate surface area is 48.7 Å². The largest absolute Gasteiger partial charge is 0.480 e. The molecule has 0 amide bonds. The second-order valence-corrected chi connectivity index (χ2v) is 1.52. The van der Waals surface area contributed by atoms with E-state index in [9.17, 15) is 4.79 Å². The van der Waals surface area contributed by atoms with Gasteiger partial charge in [-0.15, -0.1) is 0 Å². The number of carbonyl (C=O) groups is 1. The van der Waals surface area contributed by atoms with Crippen molar-refractivity contribution in [1.29, 1.82) is 0 Å². The molecule has 8 heavy (non-hydrogen) atoms. The van der Waals surface area contributed by atoms with Crippen molar-refractivity contribution in [2.75, 3.05) is 0 Å². The van der Waals surface area contributed by atoms with Crippen molar-refractivity contribution >= 4 is 5.97 Å². The molecule has 1 atom stereocenters. The fourth-order valence-corrected chi connectivity index (χ4v) is 0.321. The van der Waals surface area contributed by atoms with Crippen LogP contribution < -0.4 is 5.32 Å². The quantitative estimate of drug-likeness (QED) is 0.555. The average Bonchev–Trinajstić information content (AvgIpc) is 1.67. The lowest BCUT2D eigenvalue weighted by molar-refractivity contribution is -0.138. The zero-order valence-electron chi connectivity index (χ0n) is 5.01. The molecule has 3 heteroatoms. The molecule has 1 unspecified atom stereocenters. The van der Waals surface area contributed by atoms with Gasteiger partial charge in [-0.3, -0.25) is 4.79 Å². The first-order valence-electron chi connectivity index (χ1n) is 2.45. The lowest BCUT2D eigenvalue weighted by Gasteiger charge is -2.03. The topological polar surface area (TPSA) is 49.3 Å². The van der Waals surface area contributed by atoms with Gasteiger partial charge in [0.25, 0.3) is 0 Å². The van der Waals surface area contributed by atoms with Crippen molar-refractivity contribution in [3.8, 4) is 0 Å². The number of rotatable bonds is 3. The monoisotopic (exact) mass is 116 g/mol. The number of carboxylic acids is 1. The summed E-state index contributed by atoms with van der Waals surface area (Å²) in [5, 5.41) is 10.9. The Kier molecular flexibility index (Phi) is 3.19. The first-order chi connectivity index (χ1) is 3.68. The van der Waals surface area contributed by atoms with Crippen LogP contribution in [-0.4, -0.2) is 17.1 Å². The van der Waals surface area contributed by atoms with Crippen LogP contribution in [0.25, 0.3) is 0 Å². The average molecular weight is 116 g/mol. The van der Waals surface area contributed by atoms with E-state index in [0.29, 0.717) is 0 Å². The van der Waals surface area contributed by atoms with E-state index in [-0.39, 0.29) is 0 Å². The summed E-state index contributed by atoms with van der Waals surface area (Å²) in [5.74, 6) is -0.830. The lowest BCUT2D eigenvalue weighted by atomic mass is 10.3. The second-order valence-electron chi connectivity index (χ2n) is 1.52. The van der Waals surface area contributed by atoms with Gasteiger partial charge in [0.2, 0.25) is 0 Å². The van der Waals surface area contributed by atoms with Crippen LogP contribution in [0, 0.1) is 6.54 Å². The highest BCUT2D eigenvalue weighted by atomic mass is 16.4. The standard InChI is InChI=1S/C5H10NO2/c1-3-6-4(2)5(7)8/h3-4,6H,1-2H3,(H,7,8). The summed E-state index contributed by atoms with van der Waals surface area (Å²) < 4.78 is 0. The maximum absolute atomic E-state index is 10.0. The van der Waals surface area contributed by atoms with Gasteiger partial charge in [0.1, 0.15) is 6.04 Å². The second kappa shape index (κ2) is 3.43. The summed E-state index contributed by atoms with van der Waals surface area (Å²) in [6.07, 6.45) is 0. The Bertz CT molecular complexity index is 82.5. The highest BCUT2D eigenvalue weighted by Gasteiger charge is 2.06. The van der Waals surface area contributed by atoms with Crippen molar-refractivity contribution in [2.45, 2.75) is 19.9 Å². The van der Waals surface area contributed by atoms with Gasteiger partial charge in [0.15, 0.2) is 0 Å². The third-order valence-corrected chi connectivity index (χ3v) is 0.787. The van der Waals surface area contributed by atoms with Gasteiger partial charge >= 0.3 is 5.97 Å². The van der Waals surface area contributed by atoms with E-state index in [1.807, 2.05) is 0 Å². The Morgan fingerprint density at radius 2 is 2.38 bits per heavy atom. The molecule has 0 aromatic rings. The van der Waals surface area contributed by atoms with Crippen molar-refractivity contribution in [3.05, 3.63) is 6.54 Å². The Hall–Kier alpha value is -0.570. The van der Waals surface area contributed by atoms with Gasteiger partial charge in [0, 0.05) is 6.54 Å². The zero-order chi connectivity index (χ0) is 6.57. The summed E-state index contributed by atoms with van der Waals surface area (Å²) in [6, 6.07) is -0.472. The maximum atomic E-state index is 10.0. The summed E-state index contributed by atoms with van der Waals surface area (Å²) >= 11 is 0. The number of carboxylic acid groups (broad SMARTS) is 1. The van der Waals surface area contributed by atoms with E-state index in [2.05, 4.69) is 5.32 Å². The molecule has 0 aromatic heterocycles. The van der Waals surface area contributed by atoms with Gasteiger partial charge in [-0.25, -0.2) is 0 Å². The maximum Gasteiger partial charge on any atom is 0.320 e. The summed E-state index contributed by atoms with van der Waals surface area (Å²) in [4.78, 5) is 10.0. The number of hydrogen-bond acceptors (Lipinski definition) is 2. The van der Waals surface area contributed by atoms with Crippen LogP contribution in [0.5, 0.6) is 0 Å².